The smallest absolute Gasteiger partial charge is 0.363 e. The maximum absolute atomic E-state index is 12.3. The van der Waals surface area contributed by atoms with Crippen molar-refractivity contribution >= 4 is 23.9 Å². The second kappa shape index (κ2) is 9.16. The van der Waals surface area contributed by atoms with Gasteiger partial charge in [0.25, 0.3) is 0 Å². The molecule has 0 radical (unpaired) electrons. The Kier molecular flexibility index (Phi) is 6.59. The van der Waals surface area contributed by atoms with Crippen molar-refractivity contribution in [3.8, 4) is 11.5 Å². The fourth-order valence-electron chi connectivity index (χ4n) is 3.04. The highest BCUT2D eigenvalue weighted by Gasteiger charge is 2.25. The van der Waals surface area contributed by atoms with E-state index in [0.717, 1.165) is 5.56 Å². The van der Waals surface area contributed by atoms with E-state index in [1.807, 2.05) is 31.2 Å². The Labute approximate surface area is 182 Å². The second-order valence-electron chi connectivity index (χ2n) is 8.30. The fourth-order valence-corrected chi connectivity index (χ4v) is 3.04. The molecule has 0 atom stereocenters. The SMILES string of the molecule is CCCC(=O)Oc1cc(/C=C2/N=C(c3ccc(C(C)(C)C)cc3)OC2=O)ccc1OC. The summed E-state index contributed by atoms with van der Waals surface area (Å²) < 4.78 is 16.0. The Morgan fingerprint density at radius 3 is 2.42 bits per heavy atom. The van der Waals surface area contributed by atoms with E-state index in [4.69, 9.17) is 14.2 Å². The van der Waals surface area contributed by atoms with Gasteiger partial charge >= 0.3 is 11.9 Å². The van der Waals surface area contributed by atoms with Crippen molar-refractivity contribution in [3.63, 3.8) is 0 Å². The van der Waals surface area contributed by atoms with Crippen LogP contribution in [0.15, 0.2) is 53.2 Å². The molecular weight excluding hydrogens is 394 g/mol. The topological polar surface area (TPSA) is 74.2 Å². The van der Waals surface area contributed by atoms with Gasteiger partial charge in [-0.05, 0) is 53.3 Å². The van der Waals surface area contributed by atoms with Gasteiger partial charge in [-0.15, -0.1) is 0 Å². The molecule has 1 heterocycles. The number of esters is 2. The number of hydrogen-bond acceptors (Lipinski definition) is 6. The van der Waals surface area contributed by atoms with E-state index >= 15 is 0 Å². The van der Waals surface area contributed by atoms with Crippen LogP contribution in [0.25, 0.3) is 6.08 Å². The van der Waals surface area contributed by atoms with Crippen molar-refractivity contribution in [1.29, 1.82) is 0 Å². The fraction of sp³-hybridized carbons (Fsp3) is 0.320. The summed E-state index contributed by atoms with van der Waals surface area (Å²) in [4.78, 5) is 28.6. The second-order valence-corrected chi connectivity index (χ2v) is 8.30. The Hall–Kier alpha value is -3.41. The number of carbonyl (C=O) groups excluding carboxylic acids is 2. The van der Waals surface area contributed by atoms with Crippen LogP contribution in [0.2, 0.25) is 0 Å². The van der Waals surface area contributed by atoms with Crippen LogP contribution >= 0.6 is 0 Å². The molecule has 0 aromatic heterocycles. The summed E-state index contributed by atoms with van der Waals surface area (Å²) in [5, 5.41) is 0. The van der Waals surface area contributed by atoms with Gasteiger partial charge < -0.3 is 14.2 Å². The van der Waals surface area contributed by atoms with Crippen molar-refractivity contribution in [2.75, 3.05) is 7.11 Å². The highest BCUT2D eigenvalue weighted by molar-refractivity contribution is 6.12. The highest BCUT2D eigenvalue weighted by atomic mass is 16.6. The van der Waals surface area contributed by atoms with Crippen LogP contribution in [0.1, 0.15) is 57.2 Å². The molecule has 1 aliphatic heterocycles. The van der Waals surface area contributed by atoms with Crippen molar-refractivity contribution in [1.82, 2.24) is 0 Å². The van der Waals surface area contributed by atoms with Crippen LogP contribution in [0.5, 0.6) is 11.5 Å². The van der Waals surface area contributed by atoms with Gasteiger partial charge in [-0.3, -0.25) is 4.79 Å². The predicted octanol–water partition coefficient (Wildman–Crippen LogP) is 5.04. The summed E-state index contributed by atoms with van der Waals surface area (Å²) >= 11 is 0. The minimum absolute atomic E-state index is 0.0322. The molecule has 2 aromatic rings. The van der Waals surface area contributed by atoms with Crippen molar-refractivity contribution in [2.24, 2.45) is 4.99 Å². The molecule has 0 N–H and O–H groups in total. The van der Waals surface area contributed by atoms with Gasteiger partial charge in [-0.2, -0.15) is 0 Å². The lowest BCUT2D eigenvalue weighted by Crippen LogP contribution is -2.11. The van der Waals surface area contributed by atoms with Crippen molar-refractivity contribution in [2.45, 2.75) is 46.0 Å². The van der Waals surface area contributed by atoms with Crippen LogP contribution < -0.4 is 9.47 Å². The standard InChI is InChI=1S/C25H27NO5/c1-6-7-22(27)30-21-15-16(8-13-20(21)29-5)14-19-24(28)31-23(26-19)17-9-11-18(12-10-17)25(2,3)4/h8-15H,6-7H2,1-5H3/b19-14+. The largest absolute Gasteiger partial charge is 0.493 e. The monoisotopic (exact) mass is 421 g/mol. The lowest BCUT2D eigenvalue weighted by molar-refractivity contribution is -0.134. The molecule has 0 unspecified atom stereocenters. The molecule has 0 fully saturated rings. The number of aliphatic imine (C=N–C) groups is 1. The number of hydrogen-bond donors (Lipinski definition) is 0. The van der Waals surface area contributed by atoms with Gasteiger partial charge in [-0.1, -0.05) is 45.9 Å². The summed E-state index contributed by atoms with van der Waals surface area (Å²) in [6.07, 6.45) is 2.59. The number of carbonyl (C=O) groups is 2. The molecule has 0 spiro atoms. The van der Waals surface area contributed by atoms with Crippen molar-refractivity contribution < 1.29 is 23.8 Å². The first-order valence-corrected chi connectivity index (χ1v) is 10.2. The third kappa shape index (κ3) is 5.40. The van der Waals surface area contributed by atoms with E-state index in [9.17, 15) is 9.59 Å². The number of methoxy groups -OCH3 is 1. The Balaban J connectivity index is 1.87. The quantitative estimate of drug-likeness (QED) is 0.371. The zero-order valence-corrected chi connectivity index (χ0v) is 18.5. The summed E-state index contributed by atoms with van der Waals surface area (Å²) in [7, 11) is 1.50. The molecule has 0 saturated carbocycles. The van der Waals surface area contributed by atoms with Gasteiger partial charge in [-0.25, -0.2) is 9.79 Å². The Morgan fingerprint density at radius 2 is 1.81 bits per heavy atom. The average Bonchev–Trinajstić information content (AvgIpc) is 3.08. The molecule has 0 saturated heterocycles. The zero-order chi connectivity index (χ0) is 22.6. The lowest BCUT2D eigenvalue weighted by Gasteiger charge is -2.18. The van der Waals surface area contributed by atoms with E-state index in [0.29, 0.717) is 29.9 Å². The minimum atomic E-state index is -0.532. The Bertz CT molecular complexity index is 1040. The summed E-state index contributed by atoms with van der Waals surface area (Å²) in [5.41, 5.74) is 2.75. The van der Waals surface area contributed by atoms with E-state index in [1.54, 1.807) is 24.3 Å². The molecule has 1 aliphatic rings. The minimum Gasteiger partial charge on any atom is -0.493 e. The predicted molar refractivity (Wildman–Crippen MR) is 119 cm³/mol. The molecule has 0 bridgehead atoms. The van der Waals surface area contributed by atoms with Crippen LogP contribution in [0.3, 0.4) is 0 Å². The van der Waals surface area contributed by atoms with Gasteiger partial charge in [0, 0.05) is 12.0 Å². The third-order valence-corrected chi connectivity index (χ3v) is 4.79. The lowest BCUT2D eigenvalue weighted by atomic mass is 9.87. The summed E-state index contributed by atoms with van der Waals surface area (Å²) in [6.45, 7) is 8.31. The van der Waals surface area contributed by atoms with Crippen molar-refractivity contribution in [3.05, 3.63) is 64.9 Å². The van der Waals surface area contributed by atoms with Crippen LogP contribution in [0, 0.1) is 0 Å². The molecule has 6 nitrogen and oxygen atoms in total. The summed E-state index contributed by atoms with van der Waals surface area (Å²) in [5.74, 6) is 0.118. The van der Waals surface area contributed by atoms with Gasteiger partial charge in [0.15, 0.2) is 17.2 Å². The van der Waals surface area contributed by atoms with E-state index in [-0.39, 0.29) is 23.0 Å². The number of cyclic esters (lactones) is 1. The van der Waals surface area contributed by atoms with Crippen LogP contribution in [0.4, 0.5) is 0 Å². The molecule has 162 valence electrons. The number of benzene rings is 2. The van der Waals surface area contributed by atoms with Crippen LogP contribution in [-0.4, -0.2) is 24.9 Å². The summed E-state index contributed by atoms with van der Waals surface area (Å²) in [6, 6.07) is 12.9. The maximum atomic E-state index is 12.3. The number of ether oxygens (including phenoxy) is 3. The first-order chi connectivity index (χ1) is 14.7. The molecule has 2 aromatic carbocycles. The van der Waals surface area contributed by atoms with Gasteiger partial charge in [0.05, 0.1) is 7.11 Å². The zero-order valence-electron chi connectivity index (χ0n) is 18.5. The third-order valence-electron chi connectivity index (χ3n) is 4.79. The molecular formula is C25H27NO5. The first-order valence-electron chi connectivity index (χ1n) is 10.2. The van der Waals surface area contributed by atoms with Crippen LogP contribution in [-0.2, 0) is 19.7 Å². The molecule has 0 aliphatic carbocycles. The highest BCUT2D eigenvalue weighted by Crippen LogP contribution is 2.30. The van der Waals surface area contributed by atoms with Gasteiger partial charge in [0.2, 0.25) is 5.90 Å². The number of nitrogens with zero attached hydrogens (tertiary/aromatic N) is 1. The van der Waals surface area contributed by atoms with E-state index < -0.39 is 5.97 Å². The first kappa shape index (κ1) is 22.3. The van der Waals surface area contributed by atoms with Gasteiger partial charge in [0.1, 0.15) is 0 Å². The molecule has 3 rings (SSSR count). The van der Waals surface area contributed by atoms with E-state index in [2.05, 4.69) is 25.8 Å². The van der Waals surface area contributed by atoms with E-state index in [1.165, 1.54) is 12.7 Å². The maximum Gasteiger partial charge on any atom is 0.363 e. The number of rotatable bonds is 6. The molecule has 6 heteroatoms. The normalized spacial score (nSPS) is 14.9. The molecule has 0 amide bonds. The Morgan fingerprint density at radius 1 is 1.10 bits per heavy atom. The molecule has 31 heavy (non-hydrogen) atoms. The average molecular weight is 421 g/mol.